The summed E-state index contributed by atoms with van der Waals surface area (Å²) in [4.78, 5) is 7.76. The number of hydrogen-bond acceptors (Lipinski definition) is 4. The minimum absolute atomic E-state index is 0.127. The van der Waals surface area contributed by atoms with Crippen LogP contribution in [0.25, 0.3) is 0 Å². The third-order valence-corrected chi connectivity index (χ3v) is 2.63. The molecule has 0 atom stereocenters. The second-order valence-electron chi connectivity index (χ2n) is 3.55. The largest absolute Gasteiger partial charge is 0.397 e. The monoisotopic (exact) mass is 268 g/mol. The molecule has 0 aliphatic heterocycles. The number of nitrogens with one attached hydrogen (secondary N) is 1. The lowest BCUT2D eigenvalue weighted by Crippen LogP contribution is -2.00. The van der Waals surface area contributed by atoms with Gasteiger partial charge in [0, 0.05) is 0 Å². The number of benzene rings is 1. The number of nitrogens with zero attached hydrogens (tertiary/aromatic N) is 2. The van der Waals surface area contributed by atoms with Crippen LogP contribution in [-0.2, 0) is 0 Å². The van der Waals surface area contributed by atoms with Crippen LogP contribution in [0, 0.1) is 6.92 Å². The lowest BCUT2D eigenvalue weighted by Gasteiger charge is -2.10. The Balaban J connectivity index is 2.34. The molecule has 1 aromatic carbocycles. The molecular formula is C11H10Cl2N4. The molecule has 0 aliphatic carbocycles. The normalized spacial score (nSPS) is 10.3. The third-order valence-electron chi connectivity index (χ3n) is 2.17. The van der Waals surface area contributed by atoms with Crippen molar-refractivity contribution < 1.29 is 0 Å². The summed E-state index contributed by atoms with van der Waals surface area (Å²) in [5, 5.41) is 3.53. The molecule has 0 saturated heterocycles. The van der Waals surface area contributed by atoms with Gasteiger partial charge in [-0.3, -0.25) is 0 Å². The van der Waals surface area contributed by atoms with Crippen molar-refractivity contribution >= 4 is 40.4 Å². The summed E-state index contributed by atoms with van der Waals surface area (Å²) in [6.45, 7) is 1.97. The summed E-state index contributed by atoms with van der Waals surface area (Å²) < 4.78 is 0. The Labute approximate surface area is 109 Å². The van der Waals surface area contributed by atoms with Crippen molar-refractivity contribution in [3.63, 3.8) is 0 Å². The quantitative estimate of drug-likeness (QED) is 0.647. The highest BCUT2D eigenvalue weighted by Gasteiger charge is 2.06. The molecule has 2 rings (SSSR count). The van der Waals surface area contributed by atoms with E-state index in [1.54, 1.807) is 0 Å². The number of halogens is 2. The van der Waals surface area contributed by atoms with Gasteiger partial charge in [-0.15, -0.1) is 0 Å². The van der Waals surface area contributed by atoms with Crippen LogP contribution in [0.3, 0.4) is 0 Å². The first kappa shape index (κ1) is 12.0. The fourth-order valence-electron chi connectivity index (χ4n) is 1.36. The average Bonchev–Trinajstić information content (AvgIpc) is 2.27. The van der Waals surface area contributed by atoms with E-state index < -0.39 is 0 Å². The minimum atomic E-state index is 0.127. The predicted molar refractivity (Wildman–Crippen MR) is 70.9 cm³/mol. The van der Waals surface area contributed by atoms with Crippen LogP contribution in [0.1, 0.15) is 5.56 Å². The second-order valence-corrected chi connectivity index (χ2v) is 4.30. The molecule has 0 unspecified atom stereocenters. The number of aromatic nitrogens is 2. The van der Waals surface area contributed by atoms with Gasteiger partial charge in [0.1, 0.15) is 5.02 Å². The highest BCUT2D eigenvalue weighted by Crippen LogP contribution is 2.27. The van der Waals surface area contributed by atoms with Gasteiger partial charge in [0.05, 0.1) is 17.6 Å². The van der Waals surface area contributed by atoms with Gasteiger partial charge in [-0.05, 0) is 36.2 Å². The van der Waals surface area contributed by atoms with E-state index in [0.717, 1.165) is 11.3 Å². The first-order valence-corrected chi connectivity index (χ1v) is 5.63. The van der Waals surface area contributed by atoms with Crippen molar-refractivity contribution in [2.24, 2.45) is 0 Å². The smallest absolute Gasteiger partial charge is 0.224 e. The molecule has 0 fully saturated rings. The van der Waals surface area contributed by atoms with Gasteiger partial charge in [-0.1, -0.05) is 17.7 Å². The van der Waals surface area contributed by atoms with E-state index >= 15 is 0 Å². The van der Waals surface area contributed by atoms with Crippen LogP contribution in [-0.4, -0.2) is 9.97 Å². The lowest BCUT2D eigenvalue weighted by atomic mass is 10.2. The van der Waals surface area contributed by atoms with Crippen molar-refractivity contribution in [1.29, 1.82) is 0 Å². The van der Waals surface area contributed by atoms with Gasteiger partial charge in [0.25, 0.3) is 0 Å². The van der Waals surface area contributed by atoms with Crippen LogP contribution < -0.4 is 11.1 Å². The standard InChI is InChI=1S/C11H10Cl2N4/c1-6-2-3-9(8(14)4-6)16-10-7(12)5-15-11(13)17-10/h2-5H,14H2,1H3,(H,15,16,17). The molecule has 0 bridgehead atoms. The van der Waals surface area contributed by atoms with Gasteiger partial charge >= 0.3 is 0 Å². The molecule has 2 aromatic rings. The molecule has 6 heteroatoms. The van der Waals surface area contributed by atoms with Gasteiger partial charge < -0.3 is 11.1 Å². The van der Waals surface area contributed by atoms with E-state index in [2.05, 4.69) is 15.3 Å². The number of rotatable bonds is 2. The Bertz CT molecular complexity index is 557. The molecular weight excluding hydrogens is 259 g/mol. The number of anilines is 3. The maximum atomic E-state index is 5.94. The van der Waals surface area contributed by atoms with E-state index in [0.29, 0.717) is 16.5 Å². The molecule has 4 nitrogen and oxygen atoms in total. The van der Waals surface area contributed by atoms with Gasteiger partial charge in [0.15, 0.2) is 5.82 Å². The van der Waals surface area contributed by atoms with Crippen LogP contribution in [0.4, 0.5) is 17.2 Å². The predicted octanol–water partition coefficient (Wildman–Crippen LogP) is 3.42. The molecule has 1 aromatic heterocycles. The number of nitrogen functional groups attached to an aromatic ring is 1. The molecule has 3 N–H and O–H groups in total. The minimum Gasteiger partial charge on any atom is -0.397 e. The van der Waals surface area contributed by atoms with Crippen LogP contribution in [0.5, 0.6) is 0 Å². The van der Waals surface area contributed by atoms with Gasteiger partial charge in [0.2, 0.25) is 5.28 Å². The fraction of sp³-hybridized carbons (Fsp3) is 0.0909. The Kier molecular flexibility index (Phi) is 3.36. The Morgan fingerprint density at radius 3 is 2.76 bits per heavy atom. The summed E-state index contributed by atoms with van der Waals surface area (Å²) in [5.41, 5.74) is 8.31. The summed E-state index contributed by atoms with van der Waals surface area (Å²) in [6, 6.07) is 5.66. The average molecular weight is 269 g/mol. The molecule has 88 valence electrons. The Hall–Kier alpha value is -1.52. The molecule has 0 amide bonds. The Morgan fingerprint density at radius 1 is 1.29 bits per heavy atom. The molecule has 0 spiro atoms. The zero-order valence-electron chi connectivity index (χ0n) is 9.04. The third kappa shape index (κ3) is 2.78. The summed E-state index contributed by atoms with van der Waals surface area (Å²) in [6.07, 6.45) is 1.43. The Morgan fingerprint density at radius 2 is 2.06 bits per heavy atom. The highest BCUT2D eigenvalue weighted by molar-refractivity contribution is 6.33. The van der Waals surface area contributed by atoms with Gasteiger partial charge in [-0.25, -0.2) is 4.98 Å². The molecule has 17 heavy (non-hydrogen) atoms. The van der Waals surface area contributed by atoms with Crippen LogP contribution >= 0.6 is 23.2 Å². The van der Waals surface area contributed by atoms with E-state index in [4.69, 9.17) is 28.9 Å². The molecule has 0 saturated carbocycles. The van der Waals surface area contributed by atoms with Gasteiger partial charge in [-0.2, -0.15) is 4.98 Å². The second kappa shape index (κ2) is 4.77. The van der Waals surface area contributed by atoms with E-state index in [-0.39, 0.29) is 5.28 Å². The highest BCUT2D eigenvalue weighted by atomic mass is 35.5. The maximum absolute atomic E-state index is 5.94. The fourth-order valence-corrected chi connectivity index (χ4v) is 1.63. The SMILES string of the molecule is Cc1ccc(Nc2nc(Cl)ncc2Cl)c(N)c1. The van der Waals surface area contributed by atoms with E-state index in [1.165, 1.54) is 6.20 Å². The van der Waals surface area contributed by atoms with Crippen molar-refractivity contribution in [3.8, 4) is 0 Å². The lowest BCUT2D eigenvalue weighted by molar-refractivity contribution is 1.17. The topological polar surface area (TPSA) is 63.8 Å². The summed E-state index contributed by atoms with van der Waals surface area (Å²) in [5.74, 6) is 0.433. The number of hydrogen-bond donors (Lipinski definition) is 2. The van der Waals surface area contributed by atoms with Crippen molar-refractivity contribution in [1.82, 2.24) is 9.97 Å². The van der Waals surface area contributed by atoms with Crippen molar-refractivity contribution in [2.75, 3.05) is 11.1 Å². The van der Waals surface area contributed by atoms with E-state index in [9.17, 15) is 0 Å². The first-order chi connectivity index (χ1) is 8.06. The molecule has 1 heterocycles. The zero-order chi connectivity index (χ0) is 12.4. The summed E-state index contributed by atoms with van der Waals surface area (Å²) >= 11 is 11.6. The van der Waals surface area contributed by atoms with Crippen LogP contribution in [0.2, 0.25) is 10.3 Å². The van der Waals surface area contributed by atoms with Crippen molar-refractivity contribution in [3.05, 3.63) is 40.3 Å². The van der Waals surface area contributed by atoms with Crippen molar-refractivity contribution in [2.45, 2.75) is 6.92 Å². The summed E-state index contributed by atoms with van der Waals surface area (Å²) in [7, 11) is 0. The molecule has 0 radical (unpaired) electrons. The maximum Gasteiger partial charge on any atom is 0.224 e. The van der Waals surface area contributed by atoms with E-state index in [1.807, 2.05) is 25.1 Å². The number of nitrogens with two attached hydrogens (primary N) is 1. The van der Waals surface area contributed by atoms with Crippen LogP contribution in [0.15, 0.2) is 24.4 Å². The number of aryl methyl sites for hydroxylation is 1. The first-order valence-electron chi connectivity index (χ1n) is 4.87. The zero-order valence-corrected chi connectivity index (χ0v) is 10.5. The molecule has 0 aliphatic rings.